The number of carbonyl (C=O) groups excluding carboxylic acids is 1. The summed E-state index contributed by atoms with van der Waals surface area (Å²) in [5, 5.41) is 24.2. The Kier molecular flexibility index (Phi) is 6.77. The molecule has 3 aromatic rings. The molecule has 0 unspecified atom stereocenters. The van der Waals surface area contributed by atoms with Crippen LogP contribution in [0.25, 0.3) is 0 Å². The SMILES string of the molecule is COC(=O)[C@H]1[C@@H](O)[C@@]2(O)c3c(OC)cc(OC)cc3O[C@@]2(c2ccc(OC)cc2)[C@@H]1c1c(F)c(F)c(F)c(F)c1F. The van der Waals surface area contributed by atoms with Gasteiger partial charge in [-0.2, -0.15) is 0 Å². The summed E-state index contributed by atoms with van der Waals surface area (Å²) in [4.78, 5) is 13.2. The van der Waals surface area contributed by atoms with Crippen molar-refractivity contribution in [2.24, 2.45) is 5.92 Å². The van der Waals surface area contributed by atoms with Crippen LogP contribution in [0.2, 0.25) is 0 Å². The average Bonchev–Trinajstić information content (AvgIpc) is 3.36. The normalized spacial score (nSPS) is 26.2. The molecule has 1 aliphatic heterocycles. The van der Waals surface area contributed by atoms with Crippen molar-refractivity contribution in [3.8, 4) is 23.0 Å². The van der Waals surface area contributed by atoms with E-state index >= 15 is 8.78 Å². The van der Waals surface area contributed by atoms with Crippen molar-refractivity contribution in [3.63, 3.8) is 0 Å². The van der Waals surface area contributed by atoms with Crippen molar-refractivity contribution in [3.05, 3.63) is 82.2 Å². The lowest BCUT2D eigenvalue weighted by Gasteiger charge is -2.40. The van der Waals surface area contributed by atoms with E-state index in [2.05, 4.69) is 0 Å². The monoisotopic (exact) mass is 582 g/mol. The molecule has 0 saturated heterocycles. The zero-order chi connectivity index (χ0) is 30.0. The zero-order valence-corrected chi connectivity index (χ0v) is 21.9. The highest BCUT2D eigenvalue weighted by Gasteiger charge is 2.79. The minimum Gasteiger partial charge on any atom is -0.497 e. The zero-order valence-electron chi connectivity index (χ0n) is 21.9. The van der Waals surface area contributed by atoms with Gasteiger partial charge < -0.3 is 33.9 Å². The molecule has 13 heteroatoms. The third-order valence-corrected chi connectivity index (χ3v) is 7.83. The Bertz CT molecular complexity index is 1520. The molecule has 0 bridgehead atoms. The van der Waals surface area contributed by atoms with Gasteiger partial charge in [-0.15, -0.1) is 0 Å². The summed E-state index contributed by atoms with van der Waals surface area (Å²) in [6, 6.07) is 7.94. The molecule has 218 valence electrons. The predicted molar refractivity (Wildman–Crippen MR) is 129 cm³/mol. The minimum atomic E-state index is -2.79. The van der Waals surface area contributed by atoms with E-state index in [1.807, 2.05) is 0 Å². The number of rotatable bonds is 6. The summed E-state index contributed by atoms with van der Waals surface area (Å²) in [5.41, 5.74) is -7.26. The predicted octanol–water partition coefficient (Wildman–Crippen LogP) is 3.83. The molecule has 1 saturated carbocycles. The molecule has 2 aliphatic rings. The van der Waals surface area contributed by atoms with E-state index in [1.165, 1.54) is 57.7 Å². The van der Waals surface area contributed by atoms with Gasteiger partial charge in [0.2, 0.25) is 5.82 Å². The van der Waals surface area contributed by atoms with Gasteiger partial charge in [0.1, 0.15) is 29.1 Å². The molecule has 0 aromatic heterocycles. The molecule has 3 aromatic carbocycles. The quantitative estimate of drug-likeness (QED) is 0.196. The van der Waals surface area contributed by atoms with Crippen molar-refractivity contribution >= 4 is 5.97 Å². The minimum absolute atomic E-state index is 0.114. The Hall–Kier alpha value is -4.10. The fourth-order valence-electron chi connectivity index (χ4n) is 6.08. The van der Waals surface area contributed by atoms with E-state index < -0.39 is 69.8 Å². The first-order valence-electron chi connectivity index (χ1n) is 12.0. The van der Waals surface area contributed by atoms with E-state index in [0.29, 0.717) is 5.75 Å². The van der Waals surface area contributed by atoms with Crippen LogP contribution >= 0.6 is 0 Å². The van der Waals surface area contributed by atoms with Crippen LogP contribution in [0.1, 0.15) is 22.6 Å². The third-order valence-electron chi connectivity index (χ3n) is 7.83. The fraction of sp³-hybridized carbons (Fsp3) is 0.321. The lowest BCUT2D eigenvalue weighted by molar-refractivity contribution is -0.161. The standard InChI is InChI=1S/C28H23F5O8/c1-37-12-7-5-11(6-8-12)28-19(16-20(29)22(31)24(33)23(32)21(16)30)17(26(35)40-4)25(34)27(28,36)18-14(39-3)9-13(38-2)10-15(18)41-28/h5-10,17,19,25,34,36H,1-4H3/t17-,19-,25-,27+,28+/m1/s1. The second-order valence-electron chi connectivity index (χ2n) is 9.49. The van der Waals surface area contributed by atoms with Crippen LogP contribution in [0, 0.1) is 35.0 Å². The molecule has 5 atom stereocenters. The average molecular weight is 582 g/mol. The first-order valence-corrected chi connectivity index (χ1v) is 12.0. The van der Waals surface area contributed by atoms with Crippen molar-refractivity contribution < 1.29 is 60.6 Å². The maximum atomic E-state index is 15.5. The largest absolute Gasteiger partial charge is 0.497 e. The van der Waals surface area contributed by atoms with Gasteiger partial charge in [0.05, 0.1) is 45.8 Å². The number of esters is 1. The van der Waals surface area contributed by atoms with Crippen LogP contribution in [0.5, 0.6) is 23.0 Å². The Morgan fingerprint density at radius 2 is 1.39 bits per heavy atom. The van der Waals surface area contributed by atoms with Crippen molar-refractivity contribution in [1.29, 1.82) is 0 Å². The second-order valence-corrected chi connectivity index (χ2v) is 9.49. The van der Waals surface area contributed by atoms with E-state index in [1.54, 1.807) is 0 Å². The Morgan fingerprint density at radius 1 is 0.829 bits per heavy atom. The van der Waals surface area contributed by atoms with Gasteiger partial charge in [0, 0.05) is 17.7 Å². The molecule has 2 N–H and O–H groups in total. The summed E-state index contributed by atoms with van der Waals surface area (Å²) in [6.45, 7) is 0. The van der Waals surface area contributed by atoms with Crippen LogP contribution < -0.4 is 18.9 Å². The van der Waals surface area contributed by atoms with Gasteiger partial charge in [-0.3, -0.25) is 4.79 Å². The Balaban J connectivity index is 1.97. The molecular weight excluding hydrogens is 559 g/mol. The number of aliphatic hydroxyl groups is 2. The van der Waals surface area contributed by atoms with Crippen molar-refractivity contribution in [1.82, 2.24) is 0 Å². The highest BCUT2D eigenvalue weighted by atomic mass is 19.2. The molecular formula is C28H23F5O8. The summed E-state index contributed by atoms with van der Waals surface area (Å²) >= 11 is 0. The molecule has 1 heterocycles. The van der Waals surface area contributed by atoms with Crippen molar-refractivity contribution in [2.75, 3.05) is 28.4 Å². The van der Waals surface area contributed by atoms with Crippen LogP contribution in [0.4, 0.5) is 22.0 Å². The second kappa shape index (κ2) is 9.77. The number of fused-ring (bicyclic) bond motifs is 3. The maximum Gasteiger partial charge on any atom is 0.312 e. The third kappa shape index (κ3) is 3.54. The number of carbonyl (C=O) groups is 1. The van der Waals surface area contributed by atoms with Crippen LogP contribution in [0.3, 0.4) is 0 Å². The lowest BCUT2D eigenvalue weighted by Crippen LogP contribution is -2.52. The van der Waals surface area contributed by atoms with Gasteiger partial charge in [0.15, 0.2) is 34.5 Å². The summed E-state index contributed by atoms with van der Waals surface area (Å²) in [6.07, 6.45) is -2.29. The lowest BCUT2D eigenvalue weighted by atomic mass is 9.70. The number of aliphatic hydroxyl groups excluding tert-OH is 1. The van der Waals surface area contributed by atoms with Gasteiger partial charge in [0.25, 0.3) is 0 Å². The number of hydrogen-bond acceptors (Lipinski definition) is 8. The van der Waals surface area contributed by atoms with Crippen LogP contribution in [0.15, 0.2) is 36.4 Å². The molecule has 41 heavy (non-hydrogen) atoms. The number of methoxy groups -OCH3 is 4. The number of halogens is 5. The van der Waals surface area contributed by atoms with E-state index in [9.17, 15) is 28.2 Å². The van der Waals surface area contributed by atoms with Gasteiger partial charge in [-0.05, 0) is 17.7 Å². The van der Waals surface area contributed by atoms with Gasteiger partial charge in [-0.1, -0.05) is 12.1 Å². The molecule has 8 nitrogen and oxygen atoms in total. The maximum absolute atomic E-state index is 15.5. The van der Waals surface area contributed by atoms with Crippen LogP contribution in [-0.4, -0.2) is 50.7 Å². The smallest absolute Gasteiger partial charge is 0.312 e. The summed E-state index contributed by atoms with van der Waals surface area (Å²) in [5.74, 6) is -17.2. The fourth-order valence-corrected chi connectivity index (χ4v) is 6.08. The topological polar surface area (TPSA) is 104 Å². The molecule has 0 spiro atoms. The molecule has 0 amide bonds. The molecule has 1 fully saturated rings. The highest BCUT2D eigenvalue weighted by molar-refractivity contribution is 5.78. The summed E-state index contributed by atoms with van der Waals surface area (Å²) in [7, 11) is 4.77. The summed E-state index contributed by atoms with van der Waals surface area (Å²) < 4.78 is 101. The number of benzene rings is 3. The van der Waals surface area contributed by atoms with Crippen molar-refractivity contribution in [2.45, 2.75) is 23.2 Å². The first-order chi connectivity index (χ1) is 19.4. The molecule has 1 aliphatic carbocycles. The van der Waals surface area contributed by atoms with E-state index in [-0.39, 0.29) is 28.4 Å². The van der Waals surface area contributed by atoms with Gasteiger partial charge in [-0.25, -0.2) is 22.0 Å². The number of ether oxygens (including phenoxy) is 5. The van der Waals surface area contributed by atoms with Gasteiger partial charge >= 0.3 is 5.97 Å². The molecule has 5 rings (SSSR count). The first kappa shape index (κ1) is 28.4. The molecule has 0 radical (unpaired) electrons. The Morgan fingerprint density at radius 3 is 1.90 bits per heavy atom. The Labute approximate surface area is 229 Å². The number of hydrogen-bond donors (Lipinski definition) is 2. The highest BCUT2D eigenvalue weighted by Crippen LogP contribution is 2.70. The van der Waals surface area contributed by atoms with Crippen LogP contribution in [-0.2, 0) is 20.7 Å². The van der Waals surface area contributed by atoms with E-state index in [4.69, 9.17) is 23.7 Å². The van der Waals surface area contributed by atoms with E-state index in [0.717, 1.165) is 7.11 Å².